The number of hydrogen-bond acceptors (Lipinski definition) is 2. The van der Waals surface area contributed by atoms with Crippen molar-refractivity contribution in [3.8, 4) is 0 Å². The highest BCUT2D eigenvalue weighted by Gasteiger charge is 2.62. The van der Waals surface area contributed by atoms with Gasteiger partial charge in [-0.25, -0.2) is 0 Å². The summed E-state index contributed by atoms with van der Waals surface area (Å²) in [5.74, 6) is 3.83. The SMILES string of the molecule is C[C@H]1CC[C@@]2(C)C(=CC[C@H]3[C@@H]4CC[C@H](C5(C)OCCO5)[C@@]4(C)CC[C@@H]32)C1. The molecular formula is C24H38O2. The predicted octanol–water partition coefficient (Wildman–Crippen LogP) is 5.96. The minimum absolute atomic E-state index is 0.323. The Morgan fingerprint density at radius 2 is 1.69 bits per heavy atom. The summed E-state index contributed by atoms with van der Waals surface area (Å²) in [6.07, 6.45) is 13.7. The third kappa shape index (κ3) is 2.30. The largest absolute Gasteiger partial charge is 0.348 e. The number of allylic oxidation sites excluding steroid dienone is 2. The highest BCUT2D eigenvalue weighted by atomic mass is 16.7. The highest BCUT2D eigenvalue weighted by molar-refractivity contribution is 5.25. The van der Waals surface area contributed by atoms with E-state index in [0.29, 0.717) is 16.7 Å². The zero-order valence-electron chi connectivity index (χ0n) is 17.4. The van der Waals surface area contributed by atoms with Gasteiger partial charge in [0.2, 0.25) is 0 Å². The lowest BCUT2D eigenvalue weighted by Gasteiger charge is -2.59. The third-order valence-corrected chi connectivity index (χ3v) is 9.84. The summed E-state index contributed by atoms with van der Waals surface area (Å²) in [4.78, 5) is 0. The summed E-state index contributed by atoms with van der Waals surface area (Å²) in [5, 5.41) is 0. The minimum Gasteiger partial charge on any atom is -0.348 e. The van der Waals surface area contributed by atoms with Crippen LogP contribution >= 0.6 is 0 Å². The van der Waals surface area contributed by atoms with Crippen LogP contribution in [0.25, 0.3) is 0 Å². The second kappa shape index (κ2) is 5.83. The lowest BCUT2D eigenvalue weighted by atomic mass is 9.46. The van der Waals surface area contributed by atoms with Gasteiger partial charge in [0.1, 0.15) is 0 Å². The molecule has 0 amide bonds. The van der Waals surface area contributed by atoms with Gasteiger partial charge < -0.3 is 9.47 Å². The van der Waals surface area contributed by atoms with Gasteiger partial charge in [-0.2, -0.15) is 0 Å². The molecule has 5 aliphatic rings. The molecule has 0 bridgehead atoms. The Kier molecular flexibility index (Phi) is 3.98. The molecule has 0 unspecified atom stereocenters. The summed E-state index contributed by atoms with van der Waals surface area (Å²) in [6, 6.07) is 0. The number of rotatable bonds is 1. The van der Waals surface area contributed by atoms with Gasteiger partial charge in [-0.05, 0) is 92.8 Å². The van der Waals surface area contributed by atoms with E-state index in [4.69, 9.17) is 9.47 Å². The van der Waals surface area contributed by atoms with Crippen molar-refractivity contribution in [1.82, 2.24) is 0 Å². The van der Waals surface area contributed by atoms with Crippen molar-refractivity contribution in [1.29, 1.82) is 0 Å². The summed E-state index contributed by atoms with van der Waals surface area (Å²) >= 11 is 0. The molecule has 0 aromatic carbocycles. The van der Waals surface area contributed by atoms with Crippen molar-refractivity contribution in [2.75, 3.05) is 13.2 Å². The number of hydrogen-bond donors (Lipinski definition) is 0. The summed E-state index contributed by atoms with van der Waals surface area (Å²) in [7, 11) is 0. The van der Waals surface area contributed by atoms with Crippen molar-refractivity contribution < 1.29 is 9.47 Å². The van der Waals surface area contributed by atoms with Crippen LogP contribution in [0.1, 0.15) is 79.1 Å². The van der Waals surface area contributed by atoms with E-state index in [1.165, 1.54) is 51.4 Å². The first-order chi connectivity index (χ1) is 12.4. The fourth-order valence-corrected chi connectivity index (χ4v) is 8.44. The molecule has 0 N–H and O–H groups in total. The van der Waals surface area contributed by atoms with Crippen molar-refractivity contribution in [3.05, 3.63) is 11.6 Å². The first-order valence-corrected chi connectivity index (χ1v) is 11.3. The van der Waals surface area contributed by atoms with Crippen LogP contribution in [-0.2, 0) is 9.47 Å². The Morgan fingerprint density at radius 3 is 2.46 bits per heavy atom. The smallest absolute Gasteiger partial charge is 0.169 e. The maximum atomic E-state index is 6.16. The molecule has 2 nitrogen and oxygen atoms in total. The maximum Gasteiger partial charge on any atom is 0.169 e. The Bertz CT molecular complexity index is 603. The Morgan fingerprint density at radius 1 is 0.923 bits per heavy atom. The minimum atomic E-state index is -0.323. The van der Waals surface area contributed by atoms with Crippen molar-refractivity contribution in [3.63, 3.8) is 0 Å². The van der Waals surface area contributed by atoms with E-state index in [9.17, 15) is 0 Å². The molecule has 1 aliphatic heterocycles. The van der Waals surface area contributed by atoms with Crippen molar-refractivity contribution >= 4 is 0 Å². The van der Waals surface area contributed by atoms with Crippen LogP contribution in [-0.4, -0.2) is 19.0 Å². The molecule has 4 aliphatic carbocycles. The molecule has 5 rings (SSSR count). The first kappa shape index (κ1) is 17.7. The zero-order chi connectivity index (χ0) is 18.2. The van der Waals surface area contributed by atoms with E-state index in [1.54, 1.807) is 0 Å². The molecule has 26 heavy (non-hydrogen) atoms. The van der Waals surface area contributed by atoms with Gasteiger partial charge in [0.05, 0.1) is 13.2 Å². The molecule has 7 atom stereocenters. The Hall–Kier alpha value is -0.340. The molecular weight excluding hydrogens is 320 g/mol. The van der Waals surface area contributed by atoms with Crippen LogP contribution < -0.4 is 0 Å². The Balaban J connectivity index is 1.45. The van der Waals surface area contributed by atoms with Crippen LogP contribution in [0.15, 0.2) is 11.6 Å². The fraction of sp³-hybridized carbons (Fsp3) is 0.917. The van der Waals surface area contributed by atoms with Gasteiger partial charge in [0, 0.05) is 5.92 Å². The van der Waals surface area contributed by atoms with Gasteiger partial charge >= 0.3 is 0 Å². The molecule has 1 heterocycles. The topological polar surface area (TPSA) is 18.5 Å². The van der Waals surface area contributed by atoms with E-state index in [-0.39, 0.29) is 5.79 Å². The average molecular weight is 359 g/mol. The second-order valence-electron chi connectivity index (χ2n) is 11.0. The van der Waals surface area contributed by atoms with E-state index in [0.717, 1.165) is 36.9 Å². The molecule has 0 aromatic heterocycles. The molecule has 3 saturated carbocycles. The summed E-state index contributed by atoms with van der Waals surface area (Å²) in [6.45, 7) is 11.5. The van der Waals surface area contributed by atoms with E-state index < -0.39 is 0 Å². The van der Waals surface area contributed by atoms with Crippen LogP contribution in [0, 0.1) is 40.4 Å². The number of fused-ring (bicyclic) bond motifs is 5. The van der Waals surface area contributed by atoms with Gasteiger partial charge in [0.15, 0.2) is 5.79 Å². The normalized spacial score (nSPS) is 52.8. The average Bonchev–Trinajstić information content (AvgIpc) is 3.19. The standard InChI is InChI=1S/C24H38O2/c1-16-9-11-22(2)17(15-16)5-6-18-19-7-8-21(24(4)25-13-14-26-24)23(19,3)12-10-20(18)22/h5,16,18-21H,6-15H2,1-4H3/t16-,18-,19-,20-,21-,22-,23-/m0/s1. The molecule has 4 fully saturated rings. The van der Waals surface area contributed by atoms with E-state index >= 15 is 0 Å². The van der Waals surface area contributed by atoms with Crippen LogP contribution in [0.2, 0.25) is 0 Å². The van der Waals surface area contributed by atoms with Crippen LogP contribution in [0.4, 0.5) is 0 Å². The summed E-state index contributed by atoms with van der Waals surface area (Å²) in [5.41, 5.74) is 2.73. The lowest BCUT2D eigenvalue weighted by Crippen LogP contribution is -2.53. The second-order valence-corrected chi connectivity index (χ2v) is 11.0. The lowest BCUT2D eigenvalue weighted by molar-refractivity contribution is -0.214. The van der Waals surface area contributed by atoms with Crippen LogP contribution in [0.5, 0.6) is 0 Å². The zero-order valence-corrected chi connectivity index (χ0v) is 17.4. The van der Waals surface area contributed by atoms with Crippen molar-refractivity contribution in [2.45, 2.75) is 84.8 Å². The molecule has 2 heteroatoms. The van der Waals surface area contributed by atoms with Crippen LogP contribution in [0.3, 0.4) is 0 Å². The van der Waals surface area contributed by atoms with Crippen molar-refractivity contribution in [2.24, 2.45) is 40.4 Å². The predicted molar refractivity (Wildman–Crippen MR) is 105 cm³/mol. The number of ether oxygens (including phenoxy) is 2. The third-order valence-electron chi connectivity index (χ3n) is 9.84. The Labute approximate surface area is 160 Å². The van der Waals surface area contributed by atoms with Gasteiger partial charge in [0.25, 0.3) is 0 Å². The monoisotopic (exact) mass is 358 g/mol. The first-order valence-electron chi connectivity index (χ1n) is 11.3. The molecule has 0 aromatic rings. The molecule has 146 valence electrons. The molecule has 0 radical (unpaired) electrons. The summed E-state index contributed by atoms with van der Waals surface area (Å²) < 4.78 is 12.3. The maximum absolute atomic E-state index is 6.16. The van der Waals surface area contributed by atoms with Gasteiger partial charge in [-0.3, -0.25) is 0 Å². The van der Waals surface area contributed by atoms with Gasteiger partial charge in [-0.1, -0.05) is 32.4 Å². The van der Waals surface area contributed by atoms with E-state index in [2.05, 4.69) is 33.8 Å². The fourth-order valence-electron chi connectivity index (χ4n) is 8.44. The van der Waals surface area contributed by atoms with Gasteiger partial charge in [-0.15, -0.1) is 0 Å². The molecule has 1 saturated heterocycles. The molecule has 0 spiro atoms. The quantitative estimate of drug-likeness (QED) is 0.538. The van der Waals surface area contributed by atoms with E-state index in [1.807, 2.05) is 5.57 Å². The highest BCUT2D eigenvalue weighted by Crippen LogP contribution is 2.68.